The van der Waals surface area contributed by atoms with Crippen LogP contribution in [0.5, 0.6) is 0 Å². The zero-order chi connectivity index (χ0) is 26.8. The average Bonchev–Trinajstić information content (AvgIpc) is 3.70. The van der Waals surface area contributed by atoms with Crippen LogP contribution < -0.4 is 23.0 Å². The highest BCUT2D eigenvalue weighted by molar-refractivity contribution is 7.15. The molecular weight excluding hydrogens is 535 g/mol. The number of hydrogen-bond donors (Lipinski definition) is 0. The predicted molar refractivity (Wildman–Crippen MR) is 145 cm³/mol. The molecule has 0 unspecified atom stereocenters. The Hall–Kier alpha value is -5.10. The minimum atomic E-state index is -0.437. The lowest BCUT2D eigenvalue weighted by molar-refractivity contribution is 0.0926. The van der Waals surface area contributed by atoms with E-state index in [-0.39, 0.29) is 22.3 Å². The molecule has 0 N–H and O–H groups in total. The van der Waals surface area contributed by atoms with Crippen molar-refractivity contribution in [3.8, 4) is 24.3 Å². The average molecular weight is 546 g/mol. The van der Waals surface area contributed by atoms with Crippen molar-refractivity contribution in [3.63, 3.8) is 0 Å². The van der Waals surface area contributed by atoms with Gasteiger partial charge in [-0.3, -0.25) is 9.59 Å². The van der Waals surface area contributed by atoms with E-state index in [9.17, 15) is 30.6 Å². The standard InChI is InChI=1S/C28H11N5O2S3/c29-12-16(13-30)21-8-6-19(36-21)10-23-25-26(28(35)33(27(25)34)18-4-2-1-3-5-18)24(38-23)11-20-7-9-22(37-20)17(14-31)15-32/h1-11H/b19-10+,20-11+. The first-order valence-electron chi connectivity index (χ1n) is 10.8. The molecule has 38 heavy (non-hydrogen) atoms. The van der Waals surface area contributed by atoms with E-state index < -0.39 is 11.8 Å². The molecule has 1 aliphatic rings. The van der Waals surface area contributed by atoms with Crippen molar-refractivity contribution in [2.24, 2.45) is 0 Å². The van der Waals surface area contributed by atoms with Crippen molar-refractivity contribution >= 4 is 74.8 Å². The molecule has 5 rings (SSSR count). The Labute approximate surface area is 227 Å². The topological polar surface area (TPSA) is 133 Å². The molecule has 1 aromatic carbocycles. The lowest BCUT2D eigenvalue weighted by Crippen LogP contribution is -2.29. The lowest BCUT2D eigenvalue weighted by Gasteiger charge is -2.14. The highest BCUT2D eigenvalue weighted by atomic mass is 32.1. The third kappa shape index (κ3) is 4.22. The zero-order valence-corrected chi connectivity index (χ0v) is 21.6. The smallest absolute Gasteiger partial charge is 0.267 e. The molecule has 1 aliphatic heterocycles. The van der Waals surface area contributed by atoms with Crippen LogP contribution in [0.2, 0.25) is 0 Å². The number of anilines is 1. The number of nitrogens with zero attached hydrogens (tertiary/aromatic N) is 5. The van der Waals surface area contributed by atoms with Gasteiger partial charge in [0.25, 0.3) is 11.8 Å². The van der Waals surface area contributed by atoms with Gasteiger partial charge in [-0.15, -0.1) is 34.0 Å². The second-order valence-corrected chi connectivity index (χ2v) is 11.1. The Kier molecular flexibility index (Phi) is 6.54. The maximum absolute atomic E-state index is 13.6. The fourth-order valence-electron chi connectivity index (χ4n) is 3.88. The van der Waals surface area contributed by atoms with Crippen molar-refractivity contribution in [1.29, 1.82) is 21.0 Å². The van der Waals surface area contributed by atoms with E-state index in [0.717, 1.165) is 14.0 Å². The molecule has 3 aromatic heterocycles. The van der Waals surface area contributed by atoms with Crippen LogP contribution in [0.4, 0.5) is 5.69 Å². The van der Waals surface area contributed by atoms with Crippen LogP contribution >= 0.6 is 34.0 Å². The molecule has 4 heterocycles. The van der Waals surface area contributed by atoms with Gasteiger partial charge in [0.15, 0.2) is 0 Å². The van der Waals surface area contributed by atoms with Gasteiger partial charge in [-0.25, -0.2) is 4.90 Å². The molecule has 2 amide bonds. The van der Waals surface area contributed by atoms with Gasteiger partial charge < -0.3 is 0 Å². The van der Waals surface area contributed by atoms with Crippen molar-refractivity contribution < 1.29 is 9.59 Å². The Morgan fingerprint density at radius 2 is 1.08 bits per heavy atom. The van der Waals surface area contributed by atoms with Crippen LogP contribution in [0.15, 0.2) is 54.6 Å². The van der Waals surface area contributed by atoms with Gasteiger partial charge in [-0.05, 0) is 48.6 Å². The number of thiophene rings is 3. The number of amides is 2. The Bertz CT molecular complexity index is 1910. The number of imide groups is 1. The van der Waals surface area contributed by atoms with Crippen LogP contribution in [0.25, 0.3) is 23.3 Å². The lowest BCUT2D eigenvalue weighted by atomic mass is 10.1. The Morgan fingerprint density at radius 1 is 0.632 bits per heavy atom. The number of rotatable bonds is 3. The van der Waals surface area contributed by atoms with Crippen LogP contribution in [-0.4, -0.2) is 11.8 Å². The summed E-state index contributed by atoms with van der Waals surface area (Å²) in [5, 5.41) is 36.7. The molecule has 0 radical (unpaired) electrons. The monoisotopic (exact) mass is 545 g/mol. The first kappa shape index (κ1) is 24.6. The van der Waals surface area contributed by atoms with E-state index in [1.165, 1.54) is 34.0 Å². The van der Waals surface area contributed by atoms with Gasteiger partial charge in [-0.1, -0.05) is 18.2 Å². The van der Waals surface area contributed by atoms with Crippen molar-refractivity contribution in [2.75, 3.05) is 4.90 Å². The van der Waals surface area contributed by atoms with E-state index in [1.54, 1.807) is 66.7 Å². The summed E-state index contributed by atoms with van der Waals surface area (Å²) in [6.45, 7) is 0. The first-order valence-corrected chi connectivity index (χ1v) is 13.3. The van der Waals surface area contributed by atoms with Crippen LogP contribution in [0.1, 0.15) is 30.5 Å². The molecule has 10 heteroatoms. The molecule has 0 saturated carbocycles. The molecule has 4 aromatic rings. The van der Waals surface area contributed by atoms with E-state index >= 15 is 0 Å². The fraction of sp³-hybridized carbons (Fsp3) is 0. The zero-order valence-electron chi connectivity index (χ0n) is 19.1. The van der Waals surface area contributed by atoms with Gasteiger partial charge in [0, 0.05) is 18.8 Å². The highest BCUT2D eigenvalue weighted by Gasteiger charge is 2.41. The van der Waals surface area contributed by atoms with Crippen molar-refractivity contribution in [3.05, 3.63) is 93.6 Å². The minimum Gasteiger partial charge on any atom is -0.268 e. The summed E-state index contributed by atoms with van der Waals surface area (Å²) in [6.07, 6.45) is 3.55. The molecule has 0 atom stereocenters. The van der Waals surface area contributed by atoms with Crippen molar-refractivity contribution in [1.82, 2.24) is 0 Å². The molecule has 0 bridgehead atoms. The summed E-state index contributed by atoms with van der Waals surface area (Å²) >= 11 is 3.76. The summed E-state index contributed by atoms with van der Waals surface area (Å²) in [7, 11) is 0. The van der Waals surface area contributed by atoms with Crippen LogP contribution in [-0.2, 0) is 0 Å². The molecule has 0 aliphatic carbocycles. The van der Waals surface area contributed by atoms with Crippen LogP contribution in [0.3, 0.4) is 0 Å². The Balaban J connectivity index is 1.74. The van der Waals surface area contributed by atoms with Crippen molar-refractivity contribution in [2.45, 2.75) is 0 Å². The van der Waals surface area contributed by atoms with Gasteiger partial charge >= 0.3 is 0 Å². The van der Waals surface area contributed by atoms with E-state index in [1.807, 2.05) is 24.3 Å². The summed E-state index contributed by atoms with van der Waals surface area (Å²) in [5.74, 6) is -0.874. The molecule has 0 saturated heterocycles. The van der Waals surface area contributed by atoms with Crippen LogP contribution in [0, 0.1) is 45.3 Å². The third-order valence-electron chi connectivity index (χ3n) is 5.55. The summed E-state index contributed by atoms with van der Waals surface area (Å²) < 4.78 is 2.47. The number of hydrogen-bond acceptors (Lipinski definition) is 9. The number of fused-ring (bicyclic) bond motifs is 1. The summed E-state index contributed by atoms with van der Waals surface area (Å²) in [4.78, 5) is 29.5. The second-order valence-electron chi connectivity index (χ2n) is 7.75. The molecule has 0 spiro atoms. The SMILES string of the molecule is N#CC(C#N)=c1cc/c(=C\c2sc(/C=c3\ccc(=C(C#N)C#N)s3)c3c2C(=O)N(c2ccccc2)C3=O)s1. The quantitative estimate of drug-likeness (QED) is 0.364. The molecule has 7 nitrogen and oxygen atoms in total. The minimum absolute atomic E-state index is 0.000925. The fourth-order valence-corrected chi connectivity index (χ4v) is 7.01. The molecule has 178 valence electrons. The third-order valence-corrected chi connectivity index (χ3v) is 8.73. The number of para-hydroxylation sites is 1. The number of nitriles is 4. The summed E-state index contributed by atoms with van der Waals surface area (Å²) in [5.41, 5.74) is 1.03. The van der Waals surface area contributed by atoms with Gasteiger partial charge in [0.05, 0.1) is 25.9 Å². The van der Waals surface area contributed by atoms with E-state index in [0.29, 0.717) is 24.5 Å². The normalized spacial score (nSPS) is 13.0. The molecular formula is C28H11N5O2S3. The Morgan fingerprint density at radius 3 is 1.50 bits per heavy atom. The van der Waals surface area contributed by atoms with E-state index in [4.69, 9.17) is 0 Å². The predicted octanol–water partition coefficient (Wildman–Crippen LogP) is 2.73. The van der Waals surface area contributed by atoms with E-state index in [2.05, 4.69) is 0 Å². The van der Waals surface area contributed by atoms with Gasteiger partial charge in [0.1, 0.15) is 35.4 Å². The maximum atomic E-state index is 13.6. The number of benzene rings is 1. The summed E-state index contributed by atoms with van der Waals surface area (Å²) in [6, 6.07) is 23.1. The number of carbonyl (C=O) groups excluding carboxylic acids is 2. The number of carbonyl (C=O) groups is 2. The highest BCUT2D eigenvalue weighted by Crippen LogP contribution is 2.38. The van der Waals surface area contributed by atoms with Gasteiger partial charge in [0.2, 0.25) is 0 Å². The largest absolute Gasteiger partial charge is 0.268 e. The van der Waals surface area contributed by atoms with Gasteiger partial charge in [-0.2, -0.15) is 21.0 Å². The first-order chi connectivity index (χ1) is 18.5. The second kappa shape index (κ2) is 10.1. The maximum Gasteiger partial charge on any atom is 0.267 e. The molecule has 0 fully saturated rings.